The topological polar surface area (TPSA) is 70.2 Å². The molecule has 2 amide bonds. The van der Waals surface area contributed by atoms with Gasteiger partial charge in [-0.1, -0.05) is 31.7 Å². The van der Waals surface area contributed by atoms with Gasteiger partial charge in [0.15, 0.2) is 0 Å². The zero-order valence-electron chi connectivity index (χ0n) is 15.8. The largest absolute Gasteiger partial charge is 0.355 e. The minimum absolute atomic E-state index is 0.0957. The number of carbonyl (C=O) groups excluding carboxylic acids is 2. The maximum absolute atomic E-state index is 14.0. The second-order valence-electron chi connectivity index (χ2n) is 7.12. The van der Waals surface area contributed by atoms with E-state index in [4.69, 9.17) is 0 Å². The second-order valence-corrected chi connectivity index (χ2v) is 7.12. The lowest BCUT2D eigenvalue weighted by Crippen LogP contribution is -2.38. The summed E-state index contributed by atoms with van der Waals surface area (Å²) in [4.78, 5) is 23.6. The number of hydrogen-bond donors (Lipinski definition) is 3. The van der Waals surface area contributed by atoms with E-state index in [0.717, 1.165) is 12.1 Å². The monoisotopic (exact) mass is 381 g/mol. The standard InChI is InChI=1S/C20H29F2N3O2/c1-14(26)25-19(17-9-8-15(21)12-18(17)22)13-20(27)24-11-10-23-16-6-4-2-3-5-7-16/h8-9,12,16,19,23H,2-7,10-11,13H2,1H3,(H,24,27)(H,25,26). The van der Waals surface area contributed by atoms with E-state index in [1.807, 2.05) is 0 Å². The van der Waals surface area contributed by atoms with Crippen molar-refractivity contribution in [1.29, 1.82) is 0 Å². The summed E-state index contributed by atoms with van der Waals surface area (Å²) < 4.78 is 27.1. The quantitative estimate of drug-likeness (QED) is 0.479. The third kappa shape index (κ3) is 7.62. The van der Waals surface area contributed by atoms with Gasteiger partial charge < -0.3 is 16.0 Å². The Hall–Kier alpha value is -2.02. The van der Waals surface area contributed by atoms with Gasteiger partial charge >= 0.3 is 0 Å². The first kappa shape index (κ1) is 21.3. The highest BCUT2D eigenvalue weighted by Gasteiger charge is 2.20. The highest BCUT2D eigenvalue weighted by atomic mass is 19.1. The van der Waals surface area contributed by atoms with Crippen molar-refractivity contribution in [3.63, 3.8) is 0 Å². The smallest absolute Gasteiger partial charge is 0.222 e. The summed E-state index contributed by atoms with van der Waals surface area (Å²) in [7, 11) is 0. The number of benzene rings is 1. The molecule has 3 N–H and O–H groups in total. The number of rotatable bonds is 8. The van der Waals surface area contributed by atoms with Gasteiger partial charge in [0.05, 0.1) is 12.5 Å². The van der Waals surface area contributed by atoms with Gasteiger partial charge in [-0.25, -0.2) is 8.78 Å². The summed E-state index contributed by atoms with van der Waals surface area (Å²) in [5.41, 5.74) is 0.0957. The van der Waals surface area contributed by atoms with E-state index in [1.165, 1.54) is 51.5 Å². The predicted molar refractivity (Wildman–Crippen MR) is 100 cm³/mol. The van der Waals surface area contributed by atoms with Crippen molar-refractivity contribution in [3.8, 4) is 0 Å². The van der Waals surface area contributed by atoms with Gasteiger partial charge in [0, 0.05) is 37.7 Å². The van der Waals surface area contributed by atoms with Crippen LogP contribution < -0.4 is 16.0 Å². The maximum atomic E-state index is 14.0. The van der Waals surface area contributed by atoms with Crippen LogP contribution in [0.3, 0.4) is 0 Å². The average molecular weight is 381 g/mol. The molecule has 1 atom stereocenters. The van der Waals surface area contributed by atoms with Crippen LogP contribution in [-0.4, -0.2) is 30.9 Å². The van der Waals surface area contributed by atoms with Crippen molar-refractivity contribution in [3.05, 3.63) is 35.4 Å². The van der Waals surface area contributed by atoms with Crippen molar-refractivity contribution >= 4 is 11.8 Å². The molecule has 2 rings (SSSR count). The fourth-order valence-corrected chi connectivity index (χ4v) is 3.49. The van der Waals surface area contributed by atoms with Crippen LogP contribution in [0.15, 0.2) is 18.2 Å². The van der Waals surface area contributed by atoms with E-state index in [9.17, 15) is 18.4 Å². The highest BCUT2D eigenvalue weighted by molar-refractivity contribution is 5.79. The summed E-state index contributed by atoms with van der Waals surface area (Å²) in [6, 6.07) is 2.79. The fraction of sp³-hybridized carbons (Fsp3) is 0.600. The minimum Gasteiger partial charge on any atom is -0.355 e. The second kappa shape index (κ2) is 11.0. The molecule has 1 aromatic carbocycles. The molecule has 7 heteroatoms. The van der Waals surface area contributed by atoms with Crippen molar-refractivity contribution < 1.29 is 18.4 Å². The third-order valence-corrected chi connectivity index (χ3v) is 4.84. The Morgan fingerprint density at radius 3 is 2.44 bits per heavy atom. The zero-order chi connectivity index (χ0) is 19.6. The maximum Gasteiger partial charge on any atom is 0.222 e. The molecule has 0 spiro atoms. The number of hydrogen-bond acceptors (Lipinski definition) is 3. The van der Waals surface area contributed by atoms with E-state index in [1.54, 1.807) is 0 Å². The molecule has 1 aromatic rings. The number of nitrogens with one attached hydrogen (secondary N) is 3. The first-order valence-electron chi connectivity index (χ1n) is 9.68. The summed E-state index contributed by atoms with van der Waals surface area (Å²) in [5, 5.41) is 8.81. The van der Waals surface area contributed by atoms with E-state index in [0.29, 0.717) is 19.1 Å². The predicted octanol–water partition coefficient (Wildman–Crippen LogP) is 2.96. The molecule has 0 bridgehead atoms. The molecular weight excluding hydrogens is 352 g/mol. The Morgan fingerprint density at radius 2 is 1.81 bits per heavy atom. The van der Waals surface area contributed by atoms with E-state index < -0.39 is 17.7 Å². The number of carbonyl (C=O) groups is 2. The Bertz CT molecular complexity index is 632. The van der Waals surface area contributed by atoms with Gasteiger partial charge in [-0.05, 0) is 18.9 Å². The molecule has 1 unspecified atom stereocenters. The molecule has 1 aliphatic carbocycles. The van der Waals surface area contributed by atoms with Crippen molar-refractivity contribution in [2.75, 3.05) is 13.1 Å². The van der Waals surface area contributed by atoms with E-state index >= 15 is 0 Å². The lowest BCUT2D eigenvalue weighted by atomic mass is 10.0. The summed E-state index contributed by atoms with van der Waals surface area (Å²) in [5.74, 6) is -2.16. The van der Waals surface area contributed by atoms with Crippen LogP contribution >= 0.6 is 0 Å². The molecule has 27 heavy (non-hydrogen) atoms. The molecule has 1 aliphatic rings. The first-order chi connectivity index (χ1) is 13.0. The molecule has 0 heterocycles. The SMILES string of the molecule is CC(=O)NC(CC(=O)NCCNC1CCCCCC1)c1ccc(F)cc1F. The van der Waals surface area contributed by atoms with Crippen molar-refractivity contribution in [1.82, 2.24) is 16.0 Å². The van der Waals surface area contributed by atoms with Gasteiger partial charge in [-0.15, -0.1) is 0 Å². The van der Waals surface area contributed by atoms with Crippen molar-refractivity contribution in [2.24, 2.45) is 0 Å². The van der Waals surface area contributed by atoms with Crippen LogP contribution in [0.25, 0.3) is 0 Å². The normalized spacial score (nSPS) is 16.4. The van der Waals surface area contributed by atoms with Gasteiger partial charge in [0.2, 0.25) is 11.8 Å². The Morgan fingerprint density at radius 1 is 1.11 bits per heavy atom. The average Bonchev–Trinajstić information content (AvgIpc) is 2.86. The molecule has 0 aromatic heterocycles. The molecule has 0 aliphatic heterocycles. The van der Waals surface area contributed by atoms with Gasteiger partial charge in [0.25, 0.3) is 0 Å². The zero-order valence-corrected chi connectivity index (χ0v) is 15.8. The van der Waals surface area contributed by atoms with Crippen LogP contribution in [0.5, 0.6) is 0 Å². The fourth-order valence-electron chi connectivity index (χ4n) is 3.49. The molecule has 1 saturated carbocycles. The third-order valence-electron chi connectivity index (χ3n) is 4.84. The molecule has 1 fully saturated rings. The Labute approximate surface area is 159 Å². The lowest BCUT2D eigenvalue weighted by molar-refractivity contribution is -0.122. The molecular formula is C20H29F2N3O2. The Kier molecular flexibility index (Phi) is 8.64. The molecule has 150 valence electrons. The van der Waals surface area contributed by atoms with Gasteiger partial charge in [-0.2, -0.15) is 0 Å². The summed E-state index contributed by atoms with van der Waals surface area (Å²) in [6.45, 7) is 2.43. The van der Waals surface area contributed by atoms with Gasteiger partial charge in [0.1, 0.15) is 11.6 Å². The number of amides is 2. The van der Waals surface area contributed by atoms with Crippen LogP contribution in [0.2, 0.25) is 0 Å². The van der Waals surface area contributed by atoms with Gasteiger partial charge in [-0.3, -0.25) is 9.59 Å². The van der Waals surface area contributed by atoms with Crippen LogP contribution in [0, 0.1) is 11.6 Å². The molecule has 5 nitrogen and oxygen atoms in total. The lowest BCUT2D eigenvalue weighted by Gasteiger charge is -2.19. The van der Waals surface area contributed by atoms with E-state index in [2.05, 4.69) is 16.0 Å². The summed E-state index contributed by atoms with van der Waals surface area (Å²) >= 11 is 0. The minimum atomic E-state index is -0.835. The highest BCUT2D eigenvalue weighted by Crippen LogP contribution is 2.21. The van der Waals surface area contributed by atoms with Crippen molar-refractivity contribution in [2.45, 2.75) is 64.0 Å². The first-order valence-corrected chi connectivity index (χ1v) is 9.68. The van der Waals surface area contributed by atoms with E-state index in [-0.39, 0.29) is 23.8 Å². The van der Waals surface area contributed by atoms with Crippen LogP contribution in [0.4, 0.5) is 8.78 Å². The summed E-state index contributed by atoms with van der Waals surface area (Å²) in [6.07, 6.45) is 7.30. The van der Waals surface area contributed by atoms with Crippen LogP contribution in [-0.2, 0) is 9.59 Å². The molecule has 0 radical (unpaired) electrons. The van der Waals surface area contributed by atoms with Crippen LogP contribution in [0.1, 0.15) is 63.5 Å². The Balaban J connectivity index is 1.81. The number of halogens is 2. The molecule has 0 saturated heterocycles.